The summed E-state index contributed by atoms with van der Waals surface area (Å²) in [4.78, 5) is 25.6. The molecule has 0 bridgehead atoms. The van der Waals surface area contributed by atoms with E-state index in [1.54, 1.807) is 26.0 Å². The fraction of sp³-hybridized carbons (Fsp3) is 0.391. The molecule has 0 aliphatic carbocycles. The van der Waals surface area contributed by atoms with Gasteiger partial charge in [-0.1, -0.05) is 38.1 Å². The molecule has 0 saturated heterocycles. The van der Waals surface area contributed by atoms with E-state index in [4.69, 9.17) is 4.74 Å². The van der Waals surface area contributed by atoms with Crippen LogP contribution in [0.4, 0.5) is 11.4 Å². The molecule has 2 N–H and O–H groups in total. The van der Waals surface area contributed by atoms with Crippen molar-refractivity contribution in [1.29, 1.82) is 0 Å². The topological polar surface area (TPSA) is 67.4 Å². The van der Waals surface area contributed by atoms with Gasteiger partial charge in [0.1, 0.15) is 11.2 Å². The Kier molecular flexibility index (Phi) is 6.84. The zero-order valence-electron chi connectivity index (χ0n) is 17.5. The third-order valence-electron chi connectivity index (χ3n) is 4.47. The molecule has 5 nitrogen and oxygen atoms in total. The number of benzene rings is 2. The molecule has 0 spiro atoms. The summed E-state index contributed by atoms with van der Waals surface area (Å²) in [5, 5.41) is 5.65. The minimum atomic E-state index is -1.26. The summed E-state index contributed by atoms with van der Waals surface area (Å²) < 4.78 is 5.73. The van der Waals surface area contributed by atoms with Crippen LogP contribution in [-0.2, 0) is 9.59 Å². The maximum atomic E-state index is 12.8. The largest absolute Gasteiger partial charge is 0.489 e. The number of amides is 2. The molecule has 28 heavy (non-hydrogen) atoms. The van der Waals surface area contributed by atoms with Gasteiger partial charge in [-0.25, -0.2) is 0 Å². The normalized spacial score (nSPS) is 11.4. The number of carbonyl (C=O) groups is 2. The molecular weight excluding hydrogens is 352 g/mol. The number of carbonyl (C=O) groups excluding carboxylic acids is 2. The standard InChI is InChI=1S/C23H30N2O3/c1-15(2)17-11-13-18(14-12-17)24-21(26)23(5,6)22(27)25-19-9-7-8-10-20(19)28-16(3)4/h7-16H,1-6H3,(H,24,26)(H,25,27). The quantitative estimate of drug-likeness (QED) is 0.647. The smallest absolute Gasteiger partial charge is 0.239 e. The molecule has 0 fully saturated rings. The van der Waals surface area contributed by atoms with E-state index in [0.717, 1.165) is 0 Å². The van der Waals surface area contributed by atoms with Gasteiger partial charge in [0.15, 0.2) is 0 Å². The molecule has 0 atom stereocenters. The first-order valence-electron chi connectivity index (χ1n) is 9.59. The third-order valence-corrected chi connectivity index (χ3v) is 4.47. The number of nitrogens with one attached hydrogen (secondary N) is 2. The molecule has 0 aliphatic rings. The van der Waals surface area contributed by atoms with Crippen LogP contribution >= 0.6 is 0 Å². The maximum Gasteiger partial charge on any atom is 0.239 e. The van der Waals surface area contributed by atoms with Crippen LogP contribution in [0.2, 0.25) is 0 Å². The Morgan fingerprint density at radius 1 is 0.857 bits per heavy atom. The Morgan fingerprint density at radius 2 is 1.43 bits per heavy atom. The van der Waals surface area contributed by atoms with Gasteiger partial charge >= 0.3 is 0 Å². The fourth-order valence-corrected chi connectivity index (χ4v) is 2.55. The van der Waals surface area contributed by atoms with Gasteiger partial charge in [-0.05, 0) is 63.4 Å². The minimum absolute atomic E-state index is 0.0248. The number of para-hydroxylation sites is 2. The van der Waals surface area contributed by atoms with E-state index >= 15 is 0 Å². The van der Waals surface area contributed by atoms with Crippen molar-refractivity contribution in [3.63, 3.8) is 0 Å². The van der Waals surface area contributed by atoms with E-state index < -0.39 is 11.3 Å². The molecule has 0 aromatic heterocycles. The van der Waals surface area contributed by atoms with Crippen molar-refractivity contribution in [2.45, 2.75) is 53.6 Å². The molecule has 2 amide bonds. The summed E-state index contributed by atoms with van der Waals surface area (Å²) in [5.74, 6) is 0.222. The highest BCUT2D eigenvalue weighted by molar-refractivity contribution is 6.14. The van der Waals surface area contributed by atoms with E-state index in [2.05, 4.69) is 24.5 Å². The highest BCUT2D eigenvalue weighted by atomic mass is 16.5. The van der Waals surface area contributed by atoms with E-state index in [-0.39, 0.29) is 12.0 Å². The minimum Gasteiger partial charge on any atom is -0.489 e. The number of hydrogen-bond acceptors (Lipinski definition) is 3. The van der Waals surface area contributed by atoms with Crippen molar-refractivity contribution in [3.05, 3.63) is 54.1 Å². The summed E-state index contributed by atoms with van der Waals surface area (Å²) in [6.45, 7) is 11.3. The number of anilines is 2. The highest BCUT2D eigenvalue weighted by Crippen LogP contribution is 2.28. The second-order valence-corrected chi connectivity index (χ2v) is 7.97. The number of rotatable bonds is 7. The average molecular weight is 383 g/mol. The summed E-state index contributed by atoms with van der Waals surface area (Å²) in [7, 11) is 0. The first-order chi connectivity index (χ1) is 13.1. The van der Waals surface area contributed by atoms with Gasteiger partial charge in [0, 0.05) is 5.69 Å². The lowest BCUT2D eigenvalue weighted by Gasteiger charge is -2.24. The monoisotopic (exact) mass is 382 g/mol. The summed E-state index contributed by atoms with van der Waals surface area (Å²) in [5.41, 5.74) is 1.14. The Bertz CT molecular complexity index is 824. The van der Waals surface area contributed by atoms with E-state index in [1.165, 1.54) is 5.56 Å². The predicted octanol–water partition coefficient (Wildman–Crippen LogP) is 5.20. The Morgan fingerprint density at radius 3 is 2.00 bits per heavy atom. The van der Waals surface area contributed by atoms with Crippen molar-refractivity contribution in [2.24, 2.45) is 5.41 Å². The van der Waals surface area contributed by atoms with Gasteiger partial charge in [0.2, 0.25) is 11.8 Å². The maximum absolute atomic E-state index is 12.8. The third kappa shape index (κ3) is 5.35. The lowest BCUT2D eigenvalue weighted by Crippen LogP contribution is -2.41. The van der Waals surface area contributed by atoms with Crippen LogP contribution in [0.3, 0.4) is 0 Å². The van der Waals surface area contributed by atoms with Gasteiger partial charge in [0.05, 0.1) is 11.8 Å². The molecule has 0 saturated carbocycles. The van der Waals surface area contributed by atoms with E-state index in [9.17, 15) is 9.59 Å². The molecule has 2 aromatic carbocycles. The van der Waals surface area contributed by atoms with Crippen molar-refractivity contribution in [1.82, 2.24) is 0 Å². The highest BCUT2D eigenvalue weighted by Gasteiger charge is 2.36. The molecular formula is C23H30N2O3. The van der Waals surface area contributed by atoms with Crippen LogP contribution in [0.15, 0.2) is 48.5 Å². The first kappa shape index (κ1) is 21.5. The number of hydrogen-bond donors (Lipinski definition) is 2. The molecule has 0 heterocycles. The predicted molar refractivity (Wildman–Crippen MR) is 114 cm³/mol. The molecule has 0 aliphatic heterocycles. The van der Waals surface area contributed by atoms with Gasteiger partial charge in [-0.15, -0.1) is 0 Å². The van der Waals surface area contributed by atoms with Gasteiger partial charge in [-0.3, -0.25) is 9.59 Å². The van der Waals surface area contributed by atoms with Crippen LogP contribution in [-0.4, -0.2) is 17.9 Å². The van der Waals surface area contributed by atoms with Gasteiger partial charge in [0.25, 0.3) is 0 Å². The van der Waals surface area contributed by atoms with Gasteiger partial charge in [-0.2, -0.15) is 0 Å². The summed E-state index contributed by atoms with van der Waals surface area (Å²) in [6.07, 6.45) is -0.0248. The molecule has 150 valence electrons. The van der Waals surface area contributed by atoms with Crippen molar-refractivity contribution >= 4 is 23.2 Å². The lowest BCUT2D eigenvalue weighted by molar-refractivity contribution is -0.135. The van der Waals surface area contributed by atoms with Crippen LogP contribution in [0, 0.1) is 5.41 Å². The first-order valence-corrected chi connectivity index (χ1v) is 9.59. The number of ether oxygens (including phenoxy) is 1. The SMILES string of the molecule is CC(C)Oc1ccccc1NC(=O)C(C)(C)C(=O)Nc1ccc(C(C)C)cc1. The van der Waals surface area contributed by atoms with Crippen LogP contribution < -0.4 is 15.4 Å². The van der Waals surface area contributed by atoms with Crippen molar-refractivity contribution in [3.8, 4) is 5.75 Å². The van der Waals surface area contributed by atoms with Crippen molar-refractivity contribution in [2.75, 3.05) is 10.6 Å². The van der Waals surface area contributed by atoms with Crippen LogP contribution in [0.25, 0.3) is 0 Å². The Labute approximate surface area is 167 Å². The van der Waals surface area contributed by atoms with Gasteiger partial charge < -0.3 is 15.4 Å². The average Bonchev–Trinajstić information content (AvgIpc) is 2.63. The van der Waals surface area contributed by atoms with Crippen LogP contribution in [0.5, 0.6) is 5.75 Å². The Balaban J connectivity index is 2.10. The van der Waals surface area contributed by atoms with E-state index in [0.29, 0.717) is 23.0 Å². The van der Waals surface area contributed by atoms with Crippen LogP contribution in [0.1, 0.15) is 53.0 Å². The lowest BCUT2D eigenvalue weighted by atomic mass is 9.90. The van der Waals surface area contributed by atoms with Crippen molar-refractivity contribution < 1.29 is 14.3 Å². The second-order valence-electron chi connectivity index (χ2n) is 7.97. The molecule has 0 unspecified atom stereocenters. The summed E-state index contributed by atoms with van der Waals surface area (Å²) in [6, 6.07) is 14.9. The Hall–Kier alpha value is -2.82. The molecule has 5 heteroatoms. The fourth-order valence-electron chi connectivity index (χ4n) is 2.55. The zero-order chi connectivity index (χ0) is 20.9. The second kappa shape index (κ2) is 8.91. The summed E-state index contributed by atoms with van der Waals surface area (Å²) >= 11 is 0. The molecule has 2 rings (SSSR count). The molecule has 2 aromatic rings. The molecule has 0 radical (unpaired) electrons. The van der Waals surface area contributed by atoms with E-state index in [1.807, 2.05) is 50.2 Å². The zero-order valence-corrected chi connectivity index (χ0v) is 17.5.